The smallest absolute Gasteiger partial charge is 0.417 e. The Hall–Kier alpha value is -2.87. The van der Waals surface area contributed by atoms with E-state index in [9.17, 15) is 14.8 Å². The molecule has 146 valence electrons. The van der Waals surface area contributed by atoms with Crippen LogP contribution in [0.4, 0.5) is 4.79 Å². The summed E-state index contributed by atoms with van der Waals surface area (Å²) in [4.78, 5) is 27.3. The van der Waals surface area contributed by atoms with E-state index >= 15 is 0 Å². The van der Waals surface area contributed by atoms with E-state index in [0.29, 0.717) is 26.9 Å². The maximum atomic E-state index is 13.2. The molecular weight excluding hydrogens is 380 g/mol. The largest absolute Gasteiger partial charge is 0.618 e. The number of fused-ring (bicyclic) bond motifs is 5. The van der Waals surface area contributed by atoms with Crippen LogP contribution in [-0.4, -0.2) is 35.2 Å². The van der Waals surface area contributed by atoms with Gasteiger partial charge in [0.15, 0.2) is 11.9 Å². The quantitative estimate of drug-likeness (QED) is 0.423. The van der Waals surface area contributed by atoms with Crippen LogP contribution in [0, 0.1) is 5.21 Å². The standard InChI is InChI=1S/C20H20N2O5S/c1-11-10-26-16-15-12-6-5-9-21(25)13(12)7-8-14(15)28-17(16)18(23)22(11)19(24)27-20(2,3)4/h5-9,11H,10H2,1-4H3/t11-/m1/s1. The number of imide groups is 1. The molecule has 3 aromatic rings. The average molecular weight is 400 g/mol. The highest BCUT2D eigenvalue weighted by Gasteiger charge is 2.38. The maximum absolute atomic E-state index is 13.2. The molecule has 0 spiro atoms. The summed E-state index contributed by atoms with van der Waals surface area (Å²) in [6, 6.07) is 6.51. The van der Waals surface area contributed by atoms with Gasteiger partial charge < -0.3 is 14.7 Å². The van der Waals surface area contributed by atoms with Gasteiger partial charge in [-0.05, 0) is 39.8 Å². The summed E-state index contributed by atoms with van der Waals surface area (Å²) in [5, 5.41) is 13.5. The molecule has 1 aromatic carbocycles. The molecule has 0 aliphatic carbocycles. The monoisotopic (exact) mass is 400 g/mol. The van der Waals surface area contributed by atoms with Gasteiger partial charge in [0.2, 0.25) is 5.52 Å². The van der Waals surface area contributed by atoms with Crippen LogP contribution >= 0.6 is 11.3 Å². The van der Waals surface area contributed by atoms with Crippen LogP contribution in [0.5, 0.6) is 5.75 Å². The Balaban J connectivity index is 1.88. The van der Waals surface area contributed by atoms with E-state index in [4.69, 9.17) is 9.47 Å². The Morgan fingerprint density at radius 3 is 2.82 bits per heavy atom. The van der Waals surface area contributed by atoms with Crippen molar-refractivity contribution in [3.63, 3.8) is 0 Å². The molecule has 28 heavy (non-hydrogen) atoms. The Kier molecular flexibility index (Phi) is 4.19. The first-order chi connectivity index (χ1) is 13.2. The minimum atomic E-state index is -0.717. The summed E-state index contributed by atoms with van der Waals surface area (Å²) in [7, 11) is 0. The number of hydrogen-bond donors (Lipinski definition) is 0. The number of carbonyl (C=O) groups is 2. The van der Waals surface area contributed by atoms with Gasteiger partial charge >= 0.3 is 6.09 Å². The number of thiophene rings is 1. The van der Waals surface area contributed by atoms with Gasteiger partial charge in [-0.2, -0.15) is 4.73 Å². The number of ether oxygens (including phenoxy) is 2. The van der Waals surface area contributed by atoms with Crippen molar-refractivity contribution in [3.05, 3.63) is 40.5 Å². The van der Waals surface area contributed by atoms with Crippen molar-refractivity contribution < 1.29 is 23.8 Å². The number of aromatic nitrogens is 1. The number of pyridine rings is 1. The molecule has 0 fully saturated rings. The summed E-state index contributed by atoms with van der Waals surface area (Å²) in [6.07, 6.45) is 0.735. The van der Waals surface area contributed by atoms with Gasteiger partial charge in [-0.3, -0.25) is 4.79 Å². The fourth-order valence-electron chi connectivity index (χ4n) is 3.28. The number of nitrogens with zero attached hydrogens (tertiary/aromatic N) is 2. The van der Waals surface area contributed by atoms with E-state index in [1.54, 1.807) is 45.9 Å². The summed E-state index contributed by atoms with van der Waals surface area (Å²) >= 11 is 1.25. The minimum Gasteiger partial charge on any atom is -0.618 e. The van der Waals surface area contributed by atoms with Gasteiger partial charge in [0.25, 0.3) is 5.91 Å². The van der Waals surface area contributed by atoms with E-state index in [1.165, 1.54) is 17.5 Å². The number of rotatable bonds is 0. The lowest BCUT2D eigenvalue weighted by Gasteiger charge is -2.28. The second-order valence-corrected chi connectivity index (χ2v) is 8.83. The third kappa shape index (κ3) is 2.93. The molecule has 0 unspecified atom stereocenters. The van der Waals surface area contributed by atoms with Crippen LogP contribution < -0.4 is 9.47 Å². The first kappa shape index (κ1) is 18.5. The predicted molar refractivity (Wildman–Crippen MR) is 106 cm³/mol. The molecule has 1 aliphatic rings. The lowest BCUT2D eigenvalue weighted by Crippen LogP contribution is -2.46. The fraction of sp³-hybridized carbons (Fsp3) is 0.350. The third-order valence-corrected chi connectivity index (χ3v) is 5.59. The highest BCUT2D eigenvalue weighted by molar-refractivity contribution is 7.21. The molecule has 0 bridgehead atoms. The Morgan fingerprint density at radius 1 is 1.36 bits per heavy atom. The van der Waals surface area contributed by atoms with Crippen LogP contribution in [0.1, 0.15) is 37.4 Å². The summed E-state index contributed by atoms with van der Waals surface area (Å²) < 4.78 is 13.0. The Bertz CT molecular complexity index is 1120. The van der Waals surface area contributed by atoms with Crippen molar-refractivity contribution in [3.8, 4) is 5.75 Å². The van der Waals surface area contributed by atoms with E-state index in [2.05, 4.69) is 0 Å². The molecule has 0 radical (unpaired) electrons. The zero-order chi connectivity index (χ0) is 20.2. The van der Waals surface area contributed by atoms with Gasteiger partial charge in [0.05, 0.1) is 11.4 Å². The van der Waals surface area contributed by atoms with Crippen LogP contribution in [0.25, 0.3) is 21.0 Å². The van der Waals surface area contributed by atoms with E-state index < -0.39 is 23.6 Å². The van der Waals surface area contributed by atoms with Crippen LogP contribution in [-0.2, 0) is 4.74 Å². The molecular formula is C20H20N2O5S. The van der Waals surface area contributed by atoms with Crippen molar-refractivity contribution in [2.24, 2.45) is 0 Å². The fourth-order valence-corrected chi connectivity index (χ4v) is 4.38. The molecule has 0 saturated heterocycles. The highest BCUT2D eigenvalue weighted by Crippen LogP contribution is 2.43. The van der Waals surface area contributed by atoms with Crippen molar-refractivity contribution in [2.75, 3.05) is 6.61 Å². The molecule has 8 heteroatoms. The number of benzene rings is 1. The molecule has 2 amide bonds. The molecule has 3 heterocycles. The highest BCUT2D eigenvalue weighted by atomic mass is 32.1. The third-order valence-electron chi connectivity index (χ3n) is 4.46. The number of hydrogen-bond acceptors (Lipinski definition) is 6. The van der Waals surface area contributed by atoms with Crippen LogP contribution in [0.2, 0.25) is 0 Å². The molecule has 0 saturated carbocycles. The van der Waals surface area contributed by atoms with Gasteiger partial charge in [-0.25, -0.2) is 9.69 Å². The molecule has 4 rings (SSSR count). The average Bonchev–Trinajstić information content (AvgIpc) is 2.92. The van der Waals surface area contributed by atoms with Crippen molar-refractivity contribution in [1.82, 2.24) is 4.90 Å². The van der Waals surface area contributed by atoms with Crippen LogP contribution in [0.3, 0.4) is 0 Å². The second kappa shape index (κ2) is 6.34. The number of amides is 2. The maximum Gasteiger partial charge on any atom is 0.417 e. The van der Waals surface area contributed by atoms with Crippen LogP contribution in [0.15, 0.2) is 30.5 Å². The molecule has 1 aliphatic heterocycles. The van der Waals surface area contributed by atoms with E-state index in [-0.39, 0.29) is 6.61 Å². The van der Waals surface area contributed by atoms with Crippen molar-refractivity contribution in [2.45, 2.75) is 39.3 Å². The van der Waals surface area contributed by atoms with Crippen molar-refractivity contribution >= 4 is 44.3 Å². The normalized spacial score (nSPS) is 17.4. The molecule has 2 aromatic heterocycles. The zero-order valence-corrected chi connectivity index (χ0v) is 16.8. The van der Waals surface area contributed by atoms with Crippen molar-refractivity contribution in [1.29, 1.82) is 0 Å². The van der Waals surface area contributed by atoms with Gasteiger partial charge in [-0.15, -0.1) is 11.3 Å². The minimum absolute atomic E-state index is 0.143. The van der Waals surface area contributed by atoms with Gasteiger partial charge in [0, 0.05) is 22.2 Å². The molecule has 0 N–H and O–H groups in total. The predicted octanol–water partition coefficient (Wildman–Crippen LogP) is 3.85. The lowest BCUT2D eigenvalue weighted by atomic mass is 10.1. The molecule has 1 atom stereocenters. The number of carbonyl (C=O) groups excluding carboxylic acids is 2. The second-order valence-electron chi connectivity index (χ2n) is 7.78. The van der Waals surface area contributed by atoms with Gasteiger partial charge in [0.1, 0.15) is 17.1 Å². The SMILES string of the molecule is C[C@@H]1COc2c(sc3ccc4c(ccc[n+]4[O-])c23)C(=O)N1C(=O)OC(C)(C)C. The summed E-state index contributed by atoms with van der Waals surface area (Å²) in [5.74, 6) is -0.0331. The Morgan fingerprint density at radius 2 is 2.11 bits per heavy atom. The zero-order valence-electron chi connectivity index (χ0n) is 16.0. The molecule has 7 nitrogen and oxygen atoms in total. The Labute approximate surface area is 165 Å². The first-order valence-electron chi connectivity index (χ1n) is 8.94. The first-order valence-corrected chi connectivity index (χ1v) is 9.76. The lowest BCUT2D eigenvalue weighted by molar-refractivity contribution is -0.576. The topological polar surface area (TPSA) is 82.8 Å². The summed E-state index contributed by atoms with van der Waals surface area (Å²) in [5.41, 5.74) is -0.224. The summed E-state index contributed by atoms with van der Waals surface area (Å²) in [6.45, 7) is 7.14. The van der Waals surface area contributed by atoms with E-state index in [1.807, 2.05) is 6.07 Å². The van der Waals surface area contributed by atoms with Gasteiger partial charge in [-0.1, -0.05) is 0 Å². The van der Waals surface area contributed by atoms with E-state index in [0.717, 1.165) is 14.3 Å².